The van der Waals surface area contributed by atoms with E-state index < -0.39 is 0 Å². The van der Waals surface area contributed by atoms with Crippen LogP contribution in [0.3, 0.4) is 0 Å². The van der Waals surface area contributed by atoms with Crippen LogP contribution in [0.25, 0.3) is 11.5 Å². The van der Waals surface area contributed by atoms with Crippen molar-refractivity contribution in [2.75, 3.05) is 6.54 Å². The van der Waals surface area contributed by atoms with Gasteiger partial charge in [0.2, 0.25) is 11.8 Å². The number of hydrogen-bond donors (Lipinski definition) is 1. The molecule has 2 aromatic rings. The van der Waals surface area contributed by atoms with Crippen molar-refractivity contribution in [3.05, 3.63) is 33.6 Å². The number of nitrogens with zero attached hydrogens (tertiary/aromatic N) is 2. The van der Waals surface area contributed by atoms with E-state index in [0.717, 1.165) is 29.4 Å². The highest BCUT2D eigenvalue weighted by Crippen LogP contribution is 2.33. The fourth-order valence-electron chi connectivity index (χ4n) is 1.88. The molecule has 1 aromatic heterocycles. The first-order chi connectivity index (χ1) is 9.67. The molecule has 2 rings (SSSR count). The molecule has 108 valence electrons. The Morgan fingerprint density at radius 3 is 2.85 bits per heavy atom. The van der Waals surface area contributed by atoms with Crippen LogP contribution < -0.4 is 5.32 Å². The Kier molecular flexibility index (Phi) is 5.57. The van der Waals surface area contributed by atoms with Crippen molar-refractivity contribution in [1.29, 1.82) is 0 Å². The van der Waals surface area contributed by atoms with Crippen molar-refractivity contribution < 1.29 is 4.42 Å². The molecule has 20 heavy (non-hydrogen) atoms. The average Bonchev–Trinajstić information content (AvgIpc) is 2.92. The van der Waals surface area contributed by atoms with Gasteiger partial charge in [0.25, 0.3) is 0 Å². The summed E-state index contributed by atoms with van der Waals surface area (Å²) in [6, 6.07) is 5.72. The number of benzene rings is 1. The molecule has 0 aliphatic carbocycles. The SMILES string of the molecule is CCCNC(CC)c1nnc(-c2cccc(Br)c2Cl)o1. The lowest BCUT2D eigenvalue weighted by Crippen LogP contribution is -2.21. The van der Waals surface area contributed by atoms with Crippen LogP contribution in [-0.4, -0.2) is 16.7 Å². The van der Waals surface area contributed by atoms with Gasteiger partial charge in [-0.1, -0.05) is 31.5 Å². The van der Waals surface area contributed by atoms with Crippen LogP contribution in [0.5, 0.6) is 0 Å². The molecule has 1 aromatic carbocycles. The second-order valence-corrected chi connectivity index (χ2v) is 5.69. The predicted octanol–water partition coefficient (Wildman–Crippen LogP) is 4.60. The Morgan fingerprint density at radius 2 is 2.15 bits per heavy atom. The molecular formula is C14H17BrClN3O. The first-order valence-electron chi connectivity index (χ1n) is 6.68. The first kappa shape index (κ1) is 15.5. The van der Waals surface area contributed by atoms with Gasteiger partial charge in [0.15, 0.2) is 0 Å². The lowest BCUT2D eigenvalue weighted by Gasteiger charge is -2.11. The van der Waals surface area contributed by atoms with E-state index in [1.165, 1.54) is 0 Å². The fraction of sp³-hybridized carbons (Fsp3) is 0.429. The van der Waals surface area contributed by atoms with Crippen LogP contribution >= 0.6 is 27.5 Å². The smallest absolute Gasteiger partial charge is 0.249 e. The van der Waals surface area contributed by atoms with Crippen molar-refractivity contribution in [1.82, 2.24) is 15.5 Å². The number of halogens is 2. The first-order valence-corrected chi connectivity index (χ1v) is 7.85. The van der Waals surface area contributed by atoms with Gasteiger partial charge in [-0.15, -0.1) is 10.2 Å². The van der Waals surface area contributed by atoms with Gasteiger partial charge >= 0.3 is 0 Å². The summed E-state index contributed by atoms with van der Waals surface area (Å²) in [6.07, 6.45) is 1.96. The summed E-state index contributed by atoms with van der Waals surface area (Å²) in [5, 5.41) is 12.2. The maximum absolute atomic E-state index is 6.24. The molecule has 4 nitrogen and oxygen atoms in total. The number of aromatic nitrogens is 2. The molecule has 6 heteroatoms. The zero-order chi connectivity index (χ0) is 14.5. The van der Waals surface area contributed by atoms with Gasteiger partial charge in [0.05, 0.1) is 16.6 Å². The third-order valence-corrected chi connectivity index (χ3v) is 4.27. The molecule has 0 saturated carbocycles. The summed E-state index contributed by atoms with van der Waals surface area (Å²) >= 11 is 9.64. The normalized spacial score (nSPS) is 12.6. The summed E-state index contributed by atoms with van der Waals surface area (Å²) in [5.74, 6) is 1.05. The van der Waals surface area contributed by atoms with E-state index in [9.17, 15) is 0 Å². The third kappa shape index (κ3) is 3.40. The van der Waals surface area contributed by atoms with E-state index in [1.807, 2.05) is 18.2 Å². The molecule has 0 fully saturated rings. The van der Waals surface area contributed by atoms with Gasteiger partial charge in [-0.3, -0.25) is 0 Å². The summed E-state index contributed by atoms with van der Waals surface area (Å²) in [7, 11) is 0. The summed E-state index contributed by atoms with van der Waals surface area (Å²) in [6.45, 7) is 5.14. The highest BCUT2D eigenvalue weighted by Gasteiger charge is 2.18. The topological polar surface area (TPSA) is 51.0 Å². The molecule has 0 radical (unpaired) electrons. The predicted molar refractivity (Wildman–Crippen MR) is 83.8 cm³/mol. The molecule has 1 atom stereocenters. The Balaban J connectivity index is 2.26. The molecule has 0 bridgehead atoms. The molecular weight excluding hydrogens is 342 g/mol. The van der Waals surface area contributed by atoms with E-state index in [2.05, 4.69) is 45.3 Å². The van der Waals surface area contributed by atoms with E-state index in [1.54, 1.807) is 0 Å². The molecule has 1 N–H and O–H groups in total. The highest BCUT2D eigenvalue weighted by atomic mass is 79.9. The Labute approximate surface area is 132 Å². The second kappa shape index (κ2) is 7.20. The van der Waals surface area contributed by atoms with Gasteiger partial charge in [-0.25, -0.2) is 0 Å². The maximum Gasteiger partial charge on any atom is 0.249 e. The standard InChI is InChI=1S/C14H17BrClN3O/c1-3-8-17-11(4-2)14-19-18-13(20-14)9-6-5-7-10(15)12(9)16/h5-7,11,17H,3-4,8H2,1-2H3. The van der Waals surface area contributed by atoms with Crippen molar-refractivity contribution in [2.24, 2.45) is 0 Å². The molecule has 0 aliphatic rings. The van der Waals surface area contributed by atoms with E-state index in [4.69, 9.17) is 16.0 Å². The third-order valence-electron chi connectivity index (χ3n) is 2.97. The van der Waals surface area contributed by atoms with Crippen molar-refractivity contribution in [2.45, 2.75) is 32.7 Å². The molecule has 1 unspecified atom stereocenters. The van der Waals surface area contributed by atoms with Crippen molar-refractivity contribution in [3.63, 3.8) is 0 Å². The van der Waals surface area contributed by atoms with Crippen LogP contribution in [0, 0.1) is 0 Å². The van der Waals surface area contributed by atoms with Crippen LogP contribution in [0.15, 0.2) is 27.1 Å². The van der Waals surface area contributed by atoms with Crippen molar-refractivity contribution >= 4 is 27.5 Å². The molecule has 0 spiro atoms. The number of hydrogen-bond acceptors (Lipinski definition) is 4. The van der Waals surface area contributed by atoms with Crippen molar-refractivity contribution in [3.8, 4) is 11.5 Å². The maximum atomic E-state index is 6.24. The van der Waals surface area contributed by atoms with E-state index >= 15 is 0 Å². The van der Waals surface area contributed by atoms with Crippen LogP contribution in [0.1, 0.15) is 38.6 Å². The average molecular weight is 359 g/mol. The minimum absolute atomic E-state index is 0.0853. The van der Waals surface area contributed by atoms with Gasteiger partial charge in [0, 0.05) is 4.47 Å². The Morgan fingerprint density at radius 1 is 1.35 bits per heavy atom. The van der Waals surface area contributed by atoms with Crippen LogP contribution in [0.4, 0.5) is 0 Å². The monoisotopic (exact) mass is 357 g/mol. The zero-order valence-electron chi connectivity index (χ0n) is 11.5. The van der Waals surface area contributed by atoms with Gasteiger partial charge in [-0.05, 0) is 47.4 Å². The van der Waals surface area contributed by atoms with Gasteiger partial charge in [-0.2, -0.15) is 0 Å². The zero-order valence-corrected chi connectivity index (χ0v) is 13.8. The fourth-order valence-corrected chi connectivity index (χ4v) is 2.45. The Hall–Kier alpha value is -0.910. The summed E-state index contributed by atoms with van der Waals surface area (Å²) in [5.41, 5.74) is 0.741. The lowest BCUT2D eigenvalue weighted by molar-refractivity contribution is 0.396. The van der Waals surface area contributed by atoms with Gasteiger partial charge < -0.3 is 9.73 Å². The quantitative estimate of drug-likeness (QED) is 0.819. The van der Waals surface area contributed by atoms with Crippen LogP contribution in [0.2, 0.25) is 5.02 Å². The minimum atomic E-state index is 0.0853. The number of rotatable bonds is 6. The van der Waals surface area contributed by atoms with Crippen LogP contribution in [-0.2, 0) is 0 Å². The number of nitrogens with one attached hydrogen (secondary N) is 1. The minimum Gasteiger partial charge on any atom is -0.419 e. The second-order valence-electron chi connectivity index (χ2n) is 4.46. The summed E-state index contributed by atoms with van der Waals surface area (Å²) in [4.78, 5) is 0. The van der Waals surface area contributed by atoms with E-state index in [-0.39, 0.29) is 6.04 Å². The summed E-state index contributed by atoms with van der Waals surface area (Å²) < 4.78 is 6.58. The molecule has 0 aliphatic heterocycles. The van der Waals surface area contributed by atoms with E-state index in [0.29, 0.717) is 16.8 Å². The molecule has 1 heterocycles. The van der Waals surface area contributed by atoms with Gasteiger partial charge in [0.1, 0.15) is 0 Å². The Bertz CT molecular complexity index is 573. The molecule has 0 saturated heterocycles. The largest absolute Gasteiger partial charge is 0.419 e. The highest BCUT2D eigenvalue weighted by molar-refractivity contribution is 9.10. The lowest BCUT2D eigenvalue weighted by atomic mass is 10.2. The molecule has 0 amide bonds.